The van der Waals surface area contributed by atoms with Crippen LogP contribution in [0.2, 0.25) is 0 Å². The Hall–Kier alpha value is -1.10. The summed E-state index contributed by atoms with van der Waals surface area (Å²) in [7, 11) is 0. The average molecular weight is 245 g/mol. The van der Waals surface area contributed by atoms with Crippen molar-refractivity contribution in [3.8, 4) is 0 Å². The van der Waals surface area contributed by atoms with Crippen LogP contribution < -0.4 is 5.32 Å². The van der Waals surface area contributed by atoms with E-state index in [0.29, 0.717) is 6.54 Å². The third-order valence-corrected chi connectivity index (χ3v) is 1.82. The van der Waals surface area contributed by atoms with Crippen LogP contribution in [-0.2, 0) is 19.1 Å². The number of hydrogen-bond donors (Lipinski definition) is 1. The van der Waals surface area contributed by atoms with Crippen molar-refractivity contribution in [1.82, 2.24) is 5.32 Å². The zero-order valence-electron chi connectivity index (χ0n) is 11.3. The molecule has 5 nitrogen and oxygen atoms in total. The Kier molecular flexibility index (Phi) is 7.54. The lowest BCUT2D eigenvalue weighted by Gasteiger charge is -2.18. The lowest BCUT2D eigenvalue weighted by Crippen LogP contribution is -2.41. The molecule has 1 atom stereocenters. The molecule has 1 N–H and O–H groups in total. The Labute approximate surface area is 103 Å². The highest BCUT2D eigenvalue weighted by Gasteiger charge is 2.24. The zero-order valence-corrected chi connectivity index (χ0v) is 11.3. The van der Waals surface area contributed by atoms with Crippen molar-refractivity contribution in [2.24, 2.45) is 0 Å². The molecule has 0 saturated heterocycles. The van der Waals surface area contributed by atoms with Crippen molar-refractivity contribution >= 4 is 11.9 Å². The van der Waals surface area contributed by atoms with E-state index in [-0.39, 0.29) is 18.6 Å². The molecule has 100 valence electrons. The van der Waals surface area contributed by atoms with Crippen LogP contribution in [0.25, 0.3) is 0 Å². The molecule has 0 aromatic carbocycles. The first-order chi connectivity index (χ1) is 7.86. The van der Waals surface area contributed by atoms with Gasteiger partial charge in [-0.15, -0.1) is 0 Å². The molecule has 0 bridgehead atoms. The van der Waals surface area contributed by atoms with Crippen molar-refractivity contribution in [1.29, 1.82) is 0 Å². The van der Waals surface area contributed by atoms with Crippen molar-refractivity contribution in [2.75, 3.05) is 6.54 Å². The average Bonchev–Trinajstić information content (AvgIpc) is 2.14. The summed E-state index contributed by atoms with van der Waals surface area (Å²) in [6.07, 6.45) is -0.368. The number of esters is 2. The van der Waals surface area contributed by atoms with Gasteiger partial charge in [-0.3, -0.25) is 9.59 Å². The number of likely N-dealkylation sites (N-methyl/N-ethyl adjacent to an activating group) is 1. The van der Waals surface area contributed by atoms with Gasteiger partial charge in [0.05, 0.1) is 18.6 Å². The summed E-state index contributed by atoms with van der Waals surface area (Å²) in [5, 5.41) is 2.92. The van der Waals surface area contributed by atoms with Gasteiger partial charge < -0.3 is 14.8 Å². The number of hydrogen-bond acceptors (Lipinski definition) is 5. The van der Waals surface area contributed by atoms with Crippen LogP contribution >= 0.6 is 0 Å². The predicted octanol–water partition coefficient (Wildman–Crippen LogP) is 1.26. The molecule has 0 saturated carbocycles. The Morgan fingerprint density at radius 2 is 1.59 bits per heavy atom. The van der Waals surface area contributed by atoms with Crippen LogP contribution in [0.15, 0.2) is 0 Å². The third kappa shape index (κ3) is 7.74. The summed E-state index contributed by atoms with van der Waals surface area (Å²) < 4.78 is 10.1. The molecule has 0 radical (unpaired) electrons. The molecule has 0 heterocycles. The van der Waals surface area contributed by atoms with Gasteiger partial charge in [-0.1, -0.05) is 6.92 Å². The van der Waals surface area contributed by atoms with Gasteiger partial charge in [0.25, 0.3) is 0 Å². The summed E-state index contributed by atoms with van der Waals surface area (Å²) in [6.45, 7) is 9.54. The first kappa shape index (κ1) is 15.9. The van der Waals surface area contributed by atoms with E-state index >= 15 is 0 Å². The topological polar surface area (TPSA) is 64.6 Å². The van der Waals surface area contributed by atoms with Crippen molar-refractivity contribution < 1.29 is 19.1 Å². The van der Waals surface area contributed by atoms with Crippen molar-refractivity contribution in [2.45, 2.75) is 59.3 Å². The van der Waals surface area contributed by atoms with Gasteiger partial charge in [-0.25, -0.2) is 0 Å². The fourth-order valence-electron chi connectivity index (χ4n) is 1.28. The Morgan fingerprint density at radius 1 is 1.06 bits per heavy atom. The Balaban J connectivity index is 4.31. The van der Waals surface area contributed by atoms with Gasteiger partial charge in [-0.05, 0) is 34.2 Å². The van der Waals surface area contributed by atoms with E-state index in [2.05, 4.69) is 5.32 Å². The molecule has 0 aliphatic heterocycles. The van der Waals surface area contributed by atoms with E-state index in [1.54, 1.807) is 27.7 Å². The predicted molar refractivity (Wildman–Crippen MR) is 64.5 cm³/mol. The highest BCUT2D eigenvalue weighted by Crippen LogP contribution is 2.02. The highest BCUT2D eigenvalue weighted by atomic mass is 16.5. The smallest absolute Gasteiger partial charge is 0.323 e. The molecule has 5 heteroatoms. The number of carbonyl (C=O) groups is 2. The maximum atomic E-state index is 11.7. The lowest BCUT2D eigenvalue weighted by atomic mass is 10.2. The summed E-state index contributed by atoms with van der Waals surface area (Å²) in [5.74, 6) is -0.811. The number of nitrogens with one attached hydrogen (secondary N) is 1. The molecule has 1 unspecified atom stereocenters. The molecule has 0 amide bonds. The lowest BCUT2D eigenvalue weighted by molar-refractivity contribution is -0.156. The SMILES string of the molecule is CCNC(CC(=O)OC(C)C)C(=O)OC(C)C. The molecule has 0 rings (SSSR count). The van der Waals surface area contributed by atoms with Gasteiger partial charge in [0, 0.05) is 0 Å². The zero-order chi connectivity index (χ0) is 13.4. The first-order valence-corrected chi connectivity index (χ1v) is 6.00. The quantitative estimate of drug-likeness (QED) is 0.684. The van der Waals surface area contributed by atoms with Crippen molar-refractivity contribution in [3.05, 3.63) is 0 Å². The summed E-state index contributed by atoms with van der Waals surface area (Å²) >= 11 is 0. The maximum absolute atomic E-state index is 11.7. The minimum absolute atomic E-state index is 0.00241. The van der Waals surface area contributed by atoms with E-state index in [1.807, 2.05) is 6.92 Å². The Morgan fingerprint density at radius 3 is 2.00 bits per heavy atom. The molecule has 0 aromatic heterocycles. The standard InChI is InChI=1S/C12H23NO4/c1-6-13-10(12(15)17-9(4)5)7-11(14)16-8(2)3/h8-10,13H,6-7H2,1-5H3. The Bertz CT molecular complexity index is 251. The largest absolute Gasteiger partial charge is 0.463 e. The molecule has 0 spiro atoms. The van der Waals surface area contributed by atoms with Crippen LogP contribution in [0.3, 0.4) is 0 Å². The first-order valence-electron chi connectivity index (χ1n) is 6.00. The molecular weight excluding hydrogens is 222 g/mol. The second-order valence-corrected chi connectivity index (χ2v) is 4.34. The van der Waals surface area contributed by atoms with E-state index in [4.69, 9.17) is 9.47 Å². The van der Waals surface area contributed by atoms with Crippen LogP contribution in [0.4, 0.5) is 0 Å². The number of carbonyl (C=O) groups excluding carboxylic acids is 2. The molecule has 17 heavy (non-hydrogen) atoms. The van der Waals surface area contributed by atoms with E-state index in [1.165, 1.54) is 0 Å². The minimum Gasteiger partial charge on any atom is -0.463 e. The molecule has 0 aromatic rings. The van der Waals surface area contributed by atoms with Gasteiger partial charge in [0.1, 0.15) is 6.04 Å². The third-order valence-electron chi connectivity index (χ3n) is 1.82. The van der Waals surface area contributed by atoms with Gasteiger partial charge in [0.15, 0.2) is 0 Å². The minimum atomic E-state index is -0.631. The van der Waals surface area contributed by atoms with Crippen LogP contribution in [0.1, 0.15) is 41.0 Å². The summed E-state index contributed by atoms with van der Waals surface area (Å²) in [6, 6.07) is -0.631. The summed E-state index contributed by atoms with van der Waals surface area (Å²) in [5.41, 5.74) is 0. The fraction of sp³-hybridized carbons (Fsp3) is 0.833. The number of rotatable bonds is 7. The fourth-order valence-corrected chi connectivity index (χ4v) is 1.28. The molecule has 0 fully saturated rings. The monoisotopic (exact) mass is 245 g/mol. The second kappa shape index (κ2) is 8.06. The van der Waals surface area contributed by atoms with Crippen LogP contribution in [0, 0.1) is 0 Å². The van der Waals surface area contributed by atoms with Gasteiger partial charge in [0.2, 0.25) is 0 Å². The van der Waals surface area contributed by atoms with Gasteiger partial charge in [-0.2, -0.15) is 0 Å². The van der Waals surface area contributed by atoms with Crippen molar-refractivity contribution in [3.63, 3.8) is 0 Å². The van der Waals surface area contributed by atoms with Gasteiger partial charge >= 0.3 is 11.9 Å². The van der Waals surface area contributed by atoms with E-state index < -0.39 is 18.0 Å². The summed E-state index contributed by atoms with van der Waals surface area (Å²) in [4.78, 5) is 23.1. The molecule has 0 aliphatic carbocycles. The maximum Gasteiger partial charge on any atom is 0.323 e. The molecular formula is C12H23NO4. The van der Waals surface area contributed by atoms with Crippen LogP contribution in [-0.4, -0.2) is 36.7 Å². The number of ether oxygens (including phenoxy) is 2. The van der Waals surface area contributed by atoms with E-state index in [0.717, 1.165) is 0 Å². The van der Waals surface area contributed by atoms with E-state index in [9.17, 15) is 9.59 Å². The molecule has 0 aliphatic rings. The normalized spacial score (nSPS) is 12.6. The highest BCUT2D eigenvalue weighted by molar-refractivity contribution is 5.82. The van der Waals surface area contributed by atoms with Crippen LogP contribution in [0.5, 0.6) is 0 Å². The second-order valence-electron chi connectivity index (χ2n) is 4.34.